The normalized spacial score (nSPS) is 16.6. The first-order valence-electron chi connectivity index (χ1n) is 18.1. The number of hydrogen-bond donors (Lipinski definition) is 2. The molecule has 6 aromatic rings. The Hall–Kier alpha value is -6.00. The summed E-state index contributed by atoms with van der Waals surface area (Å²) < 4.78 is 13.2. The Morgan fingerprint density at radius 2 is 1.44 bits per heavy atom. The summed E-state index contributed by atoms with van der Waals surface area (Å²) in [5.74, 6) is 0.0596. The first kappa shape index (κ1) is 36.4. The van der Waals surface area contributed by atoms with E-state index in [2.05, 4.69) is 51.4 Å². The molecule has 1 aliphatic rings. The third kappa shape index (κ3) is 6.58. The van der Waals surface area contributed by atoms with Crippen molar-refractivity contribution in [3.63, 3.8) is 0 Å². The van der Waals surface area contributed by atoms with Gasteiger partial charge in [-0.1, -0.05) is 91.0 Å². The Balaban J connectivity index is 1.40. The third-order valence-corrected chi connectivity index (χ3v) is 10.3. The van der Waals surface area contributed by atoms with Crippen LogP contribution in [-0.2, 0) is 15.1 Å². The second kappa shape index (κ2) is 14.4. The smallest absolute Gasteiger partial charge is 0.410 e. The molecule has 0 radical (unpaired) electrons. The van der Waals surface area contributed by atoms with Gasteiger partial charge in [0, 0.05) is 42.0 Å². The van der Waals surface area contributed by atoms with Crippen molar-refractivity contribution in [3.8, 4) is 17.1 Å². The summed E-state index contributed by atoms with van der Waals surface area (Å²) in [5.41, 5.74) is 2.98. The highest BCUT2D eigenvalue weighted by Crippen LogP contribution is 2.45. The molecule has 10 nitrogen and oxygen atoms in total. The highest BCUT2D eigenvalue weighted by atomic mass is 16.6. The van der Waals surface area contributed by atoms with Gasteiger partial charge in [0.1, 0.15) is 16.8 Å². The second-order valence-electron chi connectivity index (χ2n) is 14.8. The lowest BCUT2D eigenvalue weighted by Gasteiger charge is -2.37. The van der Waals surface area contributed by atoms with Gasteiger partial charge in [-0.3, -0.25) is 4.79 Å². The summed E-state index contributed by atoms with van der Waals surface area (Å²) in [6.07, 6.45) is 0.431. The Morgan fingerprint density at radius 1 is 0.852 bits per heavy atom. The number of aliphatic hydroxyl groups is 1. The molecule has 1 saturated heterocycles. The van der Waals surface area contributed by atoms with Crippen molar-refractivity contribution in [2.45, 2.75) is 51.4 Å². The molecule has 2 N–H and O–H groups in total. The van der Waals surface area contributed by atoms with Crippen LogP contribution in [0.15, 0.2) is 128 Å². The number of aromatic nitrogens is 3. The predicted molar refractivity (Wildman–Crippen MR) is 209 cm³/mol. The molecule has 0 aliphatic carbocycles. The maximum absolute atomic E-state index is 14.2. The number of carbonyl (C=O) groups excluding carboxylic acids is 2. The largest absolute Gasteiger partial charge is 0.481 e. The maximum Gasteiger partial charge on any atom is 0.410 e. The van der Waals surface area contributed by atoms with Crippen LogP contribution in [0.3, 0.4) is 0 Å². The van der Waals surface area contributed by atoms with Crippen molar-refractivity contribution >= 4 is 28.6 Å². The first-order chi connectivity index (χ1) is 26.0. The molecule has 3 heterocycles. The van der Waals surface area contributed by atoms with E-state index < -0.39 is 28.8 Å². The molecule has 0 spiro atoms. The van der Waals surface area contributed by atoms with Crippen LogP contribution in [0.25, 0.3) is 22.2 Å². The van der Waals surface area contributed by atoms with E-state index in [0.717, 1.165) is 33.2 Å². The Morgan fingerprint density at radius 3 is 1.98 bits per heavy atom. The topological polar surface area (TPSA) is 119 Å². The Kier molecular flexibility index (Phi) is 9.72. The van der Waals surface area contributed by atoms with Gasteiger partial charge >= 0.3 is 6.09 Å². The van der Waals surface area contributed by atoms with Gasteiger partial charge in [0.2, 0.25) is 11.8 Å². The molecular formula is C44H45N5O5. The van der Waals surface area contributed by atoms with Crippen molar-refractivity contribution in [2.24, 2.45) is 5.41 Å². The van der Waals surface area contributed by atoms with Crippen LogP contribution < -0.4 is 10.1 Å². The van der Waals surface area contributed by atoms with Crippen LogP contribution in [0.4, 0.5) is 10.5 Å². The summed E-state index contributed by atoms with van der Waals surface area (Å²) in [7, 11) is 1.58. The molecule has 2 amide bonds. The minimum atomic E-state index is -1.24. The highest BCUT2D eigenvalue weighted by Gasteiger charge is 2.50. The number of nitrogens with zero attached hydrogens (tertiary/aromatic N) is 4. The van der Waals surface area contributed by atoms with E-state index in [0.29, 0.717) is 17.3 Å². The zero-order chi connectivity index (χ0) is 38.1. The molecule has 10 heteroatoms. The Bertz CT molecular complexity index is 2170. The van der Waals surface area contributed by atoms with E-state index in [1.807, 2.05) is 84.9 Å². The molecule has 1 fully saturated rings. The first-order valence-corrected chi connectivity index (χ1v) is 18.1. The molecule has 1 aliphatic heterocycles. The summed E-state index contributed by atoms with van der Waals surface area (Å²) in [6.45, 7) is 7.31. The number of likely N-dealkylation sites (tertiary alicyclic amines) is 1. The molecule has 2 aromatic heterocycles. The van der Waals surface area contributed by atoms with Crippen molar-refractivity contribution < 1.29 is 24.2 Å². The minimum Gasteiger partial charge on any atom is -0.481 e. The molecule has 0 bridgehead atoms. The fourth-order valence-corrected chi connectivity index (χ4v) is 7.53. The van der Waals surface area contributed by atoms with E-state index in [-0.39, 0.29) is 25.4 Å². The lowest BCUT2D eigenvalue weighted by molar-refractivity contribution is -0.130. The summed E-state index contributed by atoms with van der Waals surface area (Å²) in [6, 6.07) is 40.4. The molecule has 0 saturated carbocycles. The number of hydrogen-bond acceptors (Lipinski definition) is 7. The number of methoxy groups -OCH3 is 1. The van der Waals surface area contributed by atoms with Crippen LogP contribution in [0.2, 0.25) is 0 Å². The zero-order valence-corrected chi connectivity index (χ0v) is 31.2. The van der Waals surface area contributed by atoms with Crippen LogP contribution in [0.5, 0.6) is 5.88 Å². The number of anilines is 1. The summed E-state index contributed by atoms with van der Waals surface area (Å²) >= 11 is 0. The number of nitrogens with one attached hydrogen (secondary N) is 1. The van der Waals surface area contributed by atoms with Crippen LogP contribution >= 0.6 is 0 Å². The average molecular weight is 724 g/mol. The number of pyridine rings is 1. The van der Waals surface area contributed by atoms with Gasteiger partial charge in [0.05, 0.1) is 24.1 Å². The van der Waals surface area contributed by atoms with Gasteiger partial charge in [-0.2, -0.15) is 5.10 Å². The number of ether oxygens (including phenoxy) is 2. The quantitative estimate of drug-likeness (QED) is 0.146. The molecule has 54 heavy (non-hydrogen) atoms. The van der Waals surface area contributed by atoms with Gasteiger partial charge < -0.3 is 24.8 Å². The fraction of sp³-hybridized carbons (Fsp3) is 0.273. The fourth-order valence-electron chi connectivity index (χ4n) is 7.53. The van der Waals surface area contributed by atoms with E-state index in [9.17, 15) is 14.7 Å². The highest BCUT2D eigenvalue weighted by molar-refractivity contribution is 6.01. The summed E-state index contributed by atoms with van der Waals surface area (Å²) in [4.78, 5) is 33.1. The van der Waals surface area contributed by atoms with Crippen LogP contribution in [0.1, 0.15) is 50.8 Å². The van der Waals surface area contributed by atoms with Gasteiger partial charge in [0.15, 0.2) is 0 Å². The predicted octanol–water partition coefficient (Wildman–Crippen LogP) is 7.89. The average Bonchev–Trinajstić information content (AvgIpc) is 3.80. The molecule has 7 rings (SSSR count). The molecule has 2 atom stereocenters. The number of amides is 2. The molecule has 4 aromatic carbocycles. The molecular weight excluding hydrogens is 679 g/mol. The van der Waals surface area contributed by atoms with Crippen molar-refractivity contribution in [3.05, 3.63) is 144 Å². The summed E-state index contributed by atoms with van der Waals surface area (Å²) in [5, 5.41) is 20.4. The number of fused-ring (bicyclic) bond motifs is 1. The van der Waals surface area contributed by atoms with E-state index in [1.54, 1.807) is 41.0 Å². The second-order valence-corrected chi connectivity index (χ2v) is 14.8. The van der Waals surface area contributed by atoms with Crippen molar-refractivity contribution in [2.75, 3.05) is 25.5 Å². The van der Waals surface area contributed by atoms with Crippen LogP contribution in [0, 0.1) is 5.41 Å². The minimum absolute atomic E-state index is 0.0292. The van der Waals surface area contributed by atoms with Gasteiger partial charge in [-0.05, 0) is 75.1 Å². The number of benzene rings is 4. The lowest BCUT2D eigenvalue weighted by atomic mass is 9.77. The van der Waals surface area contributed by atoms with Crippen molar-refractivity contribution in [1.29, 1.82) is 0 Å². The SMILES string of the molecule is COc1cc(-c2nn(C(c3ccccc3)(c3ccccc3)c3ccccc3)c3ccc(NC(=O)[C@]4(C(C)O)CCN(C(=O)OC(C)(C)C)C4)cc23)ccn1. The van der Waals surface area contributed by atoms with Gasteiger partial charge in [0.25, 0.3) is 0 Å². The third-order valence-electron chi connectivity index (χ3n) is 10.3. The van der Waals surface area contributed by atoms with E-state index >= 15 is 0 Å². The Labute approximate surface area is 315 Å². The standard InChI is InChI=1S/C44H45N5O5/c1-30(50)43(24-26-48(29-43)41(52)54-42(2,3)4)40(51)46-35-21-22-37-36(28-35)39(31-23-25-45-38(27-31)53-5)47-49(37)44(32-15-9-6-10-16-32,33-17-11-7-12-18-33)34-19-13-8-14-20-34/h6-23,25,27-28,30,50H,24,26,29H2,1-5H3,(H,46,51)/t30?,43-/m1/s1. The van der Waals surface area contributed by atoms with Gasteiger partial charge in [-0.15, -0.1) is 0 Å². The van der Waals surface area contributed by atoms with E-state index in [1.165, 1.54) is 4.90 Å². The van der Waals surface area contributed by atoms with Crippen LogP contribution in [-0.4, -0.2) is 68.7 Å². The molecule has 1 unspecified atom stereocenters. The number of aliphatic hydroxyl groups excluding tert-OH is 1. The lowest BCUT2D eigenvalue weighted by Crippen LogP contribution is -2.47. The molecule has 276 valence electrons. The van der Waals surface area contributed by atoms with E-state index in [4.69, 9.17) is 14.6 Å². The van der Waals surface area contributed by atoms with Crippen molar-refractivity contribution in [1.82, 2.24) is 19.7 Å². The van der Waals surface area contributed by atoms with Gasteiger partial charge in [-0.25, -0.2) is 14.5 Å². The monoisotopic (exact) mass is 723 g/mol. The number of carbonyl (C=O) groups is 2. The maximum atomic E-state index is 14.2. The zero-order valence-electron chi connectivity index (χ0n) is 31.2. The number of rotatable bonds is 9.